The molecule has 1 aliphatic carbocycles. The largest absolute Gasteiger partial charge is 0.369 e. The number of carbonyl (C=O) groups is 1. The highest BCUT2D eigenvalue weighted by Gasteiger charge is 2.11. The topological polar surface area (TPSA) is 61.8 Å². The van der Waals surface area contributed by atoms with Crippen LogP contribution in [0.15, 0.2) is 40.8 Å². The zero-order valence-corrected chi connectivity index (χ0v) is 12.0. The van der Waals surface area contributed by atoms with Gasteiger partial charge in [0.05, 0.1) is 7.05 Å². The fourth-order valence-electron chi connectivity index (χ4n) is 2.22. The number of rotatable bonds is 4. The van der Waals surface area contributed by atoms with Crippen LogP contribution in [0.1, 0.15) is 19.3 Å². The summed E-state index contributed by atoms with van der Waals surface area (Å²) in [5, 5.41) is 5.61. The first-order chi connectivity index (χ1) is 9.81. The van der Waals surface area contributed by atoms with Gasteiger partial charge in [-0.2, -0.15) is 4.91 Å². The van der Waals surface area contributed by atoms with Crippen molar-refractivity contribution >= 4 is 6.29 Å². The Kier molecular flexibility index (Phi) is 8.22. The van der Waals surface area contributed by atoms with Crippen LogP contribution in [0.25, 0.3) is 0 Å². The molecule has 1 heterocycles. The monoisotopic (exact) mass is 277 g/mol. The first-order valence-corrected chi connectivity index (χ1v) is 6.98. The number of hydrogen-bond acceptors (Lipinski definition) is 5. The standard InChI is InChI=1S/C14H20N2O.CH3NO/c17-12-2-4-13-3-1-5-14(7-6-13)16-10-8-15-9-11-16;1-2-3/h1,5-7,12,15H,2-4,8-11H2;1H3. The summed E-state index contributed by atoms with van der Waals surface area (Å²) in [7, 11) is 1.19. The van der Waals surface area contributed by atoms with Gasteiger partial charge in [0.15, 0.2) is 0 Å². The van der Waals surface area contributed by atoms with Crippen molar-refractivity contribution in [2.24, 2.45) is 5.18 Å². The van der Waals surface area contributed by atoms with Crippen molar-refractivity contribution in [3.8, 4) is 0 Å². The molecule has 1 saturated heterocycles. The highest BCUT2D eigenvalue weighted by molar-refractivity contribution is 5.50. The van der Waals surface area contributed by atoms with Crippen molar-refractivity contribution in [1.29, 1.82) is 0 Å². The number of nitrogens with zero attached hydrogens (tertiary/aromatic N) is 2. The second-order valence-corrected chi connectivity index (χ2v) is 4.65. The molecule has 0 bridgehead atoms. The molecule has 1 fully saturated rings. The van der Waals surface area contributed by atoms with Crippen molar-refractivity contribution in [2.45, 2.75) is 19.3 Å². The van der Waals surface area contributed by atoms with E-state index in [1.165, 1.54) is 18.3 Å². The van der Waals surface area contributed by atoms with Gasteiger partial charge in [-0.15, -0.1) is 0 Å². The van der Waals surface area contributed by atoms with Gasteiger partial charge in [0.25, 0.3) is 0 Å². The van der Waals surface area contributed by atoms with Crippen molar-refractivity contribution < 1.29 is 4.79 Å². The lowest BCUT2D eigenvalue weighted by atomic mass is 10.1. The molecule has 0 unspecified atom stereocenters. The van der Waals surface area contributed by atoms with E-state index in [0.29, 0.717) is 6.42 Å². The van der Waals surface area contributed by atoms with Crippen LogP contribution in [-0.2, 0) is 4.79 Å². The molecule has 5 nitrogen and oxygen atoms in total. The van der Waals surface area contributed by atoms with Crippen LogP contribution in [0.3, 0.4) is 0 Å². The Labute approximate surface area is 120 Å². The Balaban J connectivity index is 0.000000612. The van der Waals surface area contributed by atoms with E-state index in [1.807, 2.05) is 0 Å². The molecule has 0 amide bonds. The summed E-state index contributed by atoms with van der Waals surface area (Å²) < 4.78 is 0. The summed E-state index contributed by atoms with van der Waals surface area (Å²) in [6.07, 6.45) is 12.3. The molecule has 2 aliphatic rings. The summed E-state index contributed by atoms with van der Waals surface area (Å²) in [6.45, 7) is 4.28. The summed E-state index contributed by atoms with van der Waals surface area (Å²) in [5.41, 5.74) is 2.64. The molecule has 0 atom stereocenters. The minimum Gasteiger partial charge on any atom is -0.369 e. The predicted octanol–water partition coefficient (Wildman–Crippen LogP) is 2.02. The van der Waals surface area contributed by atoms with E-state index in [-0.39, 0.29) is 0 Å². The first-order valence-electron chi connectivity index (χ1n) is 6.98. The van der Waals surface area contributed by atoms with Gasteiger partial charge < -0.3 is 15.0 Å². The van der Waals surface area contributed by atoms with Crippen LogP contribution in [0.2, 0.25) is 0 Å². The summed E-state index contributed by atoms with van der Waals surface area (Å²) >= 11 is 0. The number of piperazine rings is 1. The Hall–Kier alpha value is -1.75. The molecular formula is C15H23N3O2. The molecule has 5 heteroatoms. The van der Waals surface area contributed by atoms with Crippen molar-refractivity contribution in [3.05, 3.63) is 40.5 Å². The molecular weight excluding hydrogens is 254 g/mol. The normalized spacial score (nSPS) is 18.1. The van der Waals surface area contributed by atoms with Gasteiger partial charge in [-0.1, -0.05) is 22.9 Å². The highest BCUT2D eigenvalue weighted by atomic mass is 16.2. The lowest BCUT2D eigenvalue weighted by Gasteiger charge is -2.30. The van der Waals surface area contributed by atoms with Crippen LogP contribution < -0.4 is 5.32 Å². The van der Waals surface area contributed by atoms with E-state index in [9.17, 15) is 4.79 Å². The van der Waals surface area contributed by atoms with E-state index in [1.54, 1.807) is 0 Å². The first kappa shape index (κ1) is 16.3. The Morgan fingerprint density at radius 3 is 2.70 bits per heavy atom. The van der Waals surface area contributed by atoms with Gasteiger partial charge in [-0.25, -0.2) is 0 Å². The van der Waals surface area contributed by atoms with Gasteiger partial charge in [-0.05, 0) is 25.0 Å². The maximum atomic E-state index is 10.4. The highest BCUT2D eigenvalue weighted by Crippen LogP contribution is 2.17. The van der Waals surface area contributed by atoms with Crippen molar-refractivity contribution in [2.75, 3.05) is 33.2 Å². The molecule has 1 aliphatic heterocycles. The van der Waals surface area contributed by atoms with E-state index < -0.39 is 0 Å². The number of allylic oxidation sites excluding steroid dienone is 5. The van der Waals surface area contributed by atoms with E-state index in [0.717, 1.165) is 45.3 Å². The van der Waals surface area contributed by atoms with Crippen LogP contribution in [0.4, 0.5) is 0 Å². The summed E-state index contributed by atoms with van der Waals surface area (Å²) in [4.78, 5) is 21.3. The Morgan fingerprint density at radius 2 is 2.05 bits per heavy atom. The minimum absolute atomic E-state index is 0.635. The molecule has 2 rings (SSSR count). The third-order valence-corrected chi connectivity index (χ3v) is 3.22. The lowest BCUT2D eigenvalue weighted by molar-refractivity contribution is -0.107. The molecule has 20 heavy (non-hydrogen) atoms. The Bertz CT molecular complexity index is 394. The van der Waals surface area contributed by atoms with Gasteiger partial charge in [0.2, 0.25) is 0 Å². The fraction of sp³-hybridized carbons (Fsp3) is 0.533. The zero-order valence-electron chi connectivity index (χ0n) is 12.0. The van der Waals surface area contributed by atoms with Crippen molar-refractivity contribution in [3.63, 3.8) is 0 Å². The summed E-state index contributed by atoms with van der Waals surface area (Å²) in [5.74, 6) is 0. The zero-order chi connectivity index (χ0) is 14.6. The average molecular weight is 277 g/mol. The molecule has 0 aromatic carbocycles. The maximum Gasteiger partial charge on any atom is 0.120 e. The van der Waals surface area contributed by atoms with Gasteiger partial charge in [-0.3, -0.25) is 0 Å². The predicted molar refractivity (Wildman–Crippen MR) is 81.4 cm³/mol. The third kappa shape index (κ3) is 5.93. The summed E-state index contributed by atoms with van der Waals surface area (Å²) in [6, 6.07) is 0. The molecule has 0 saturated carbocycles. The second kappa shape index (κ2) is 10.1. The van der Waals surface area contributed by atoms with E-state index >= 15 is 0 Å². The molecule has 110 valence electrons. The van der Waals surface area contributed by atoms with Gasteiger partial charge in [0.1, 0.15) is 6.29 Å². The number of carbonyl (C=O) groups excluding carboxylic acids is 1. The smallest absolute Gasteiger partial charge is 0.120 e. The van der Waals surface area contributed by atoms with Crippen LogP contribution in [0.5, 0.6) is 0 Å². The molecule has 0 radical (unpaired) electrons. The maximum absolute atomic E-state index is 10.4. The molecule has 0 aromatic rings. The third-order valence-electron chi connectivity index (χ3n) is 3.22. The average Bonchev–Trinajstić information content (AvgIpc) is 2.72. The number of hydrogen-bond donors (Lipinski definition) is 1. The van der Waals surface area contributed by atoms with Gasteiger partial charge >= 0.3 is 0 Å². The van der Waals surface area contributed by atoms with Crippen LogP contribution in [-0.4, -0.2) is 44.4 Å². The Morgan fingerprint density at radius 1 is 1.35 bits per heavy atom. The number of aldehydes is 1. The van der Waals surface area contributed by atoms with Crippen molar-refractivity contribution in [1.82, 2.24) is 10.2 Å². The number of nitrogens with one attached hydrogen (secondary N) is 1. The molecule has 0 aromatic heterocycles. The van der Waals surface area contributed by atoms with Gasteiger partial charge in [0, 0.05) is 38.3 Å². The van der Waals surface area contributed by atoms with Crippen LogP contribution in [0, 0.1) is 4.91 Å². The SMILES string of the molecule is CN=O.O=CCCC1=CC=C(N2CCNCC2)C=CC1. The lowest BCUT2D eigenvalue weighted by Crippen LogP contribution is -2.42. The number of nitroso groups, excluding NO2 is 1. The van der Waals surface area contributed by atoms with E-state index in [4.69, 9.17) is 4.91 Å². The molecule has 1 N–H and O–H groups in total. The second-order valence-electron chi connectivity index (χ2n) is 4.65. The van der Waals surface area contributed by atoms with E-state index in [2.05, 4.69) is 39.7 Å². The molecule has 0 spiro atoms. The fourth-order valence-corrected chi connectivity index (χ4v) is 2.22. The van der Waals surface area contributed by atoms with Crippen LogP contribution >= 0.6 is 0 Å². The quantitative estimate of drug-likeness (QED) is 0.631. The minimum atomic E-state index is 0.635.